The van der Waals surface area contributed by atoms with Crippen LogP contribution in [0.5, 0.6) is 0 Å². The molecule has 1 heteroatoms. The van der Waals surface area contributed by atoms with E-state index >= 15 is 0 Å². The summed E-state index contributed by atoms with van der Waals surface area (Å²) in [6.45, 7) is 2.28. The maximum atomic E-state index is 3.72. The lowest BCUT2D eigenvalue weighted by Crippen LogP contribution is -2.49. The highest BCUT2D eigenvalue weighted by molar-refractivity contribution is 5.60. The summed E-state index contributed by atoms with van der Waals surface area (Å²) in [4.78, 5) is 0. The highest BCUT2D eigenvalue weighted by Crippen LogP contribution is 2.55. The van der Waals surface area contributed by atoms with Crippen molar-refractivity contribution in [1.29, 1.82) is 0 Å². The molecule has 21 heavy (non-hydrogen) atoms. The van der Waals surface area contributed by atoms with Gasteiger partial charge in [0, 0.05) is 5.92 Å². The van der Waals surface area contributed by atoms with Crippen LogP contribution >= 0.6 is 0 Å². The number of benzene rings is 2. The number of aryl methyl sites for hydroxylation is 1. The van der Waals surface area contributed by atoms with E-state index in [9.17, 15) is 0 Å². The molecule has 108 valence electrons. The van der Waals surface area contributed by atoms with E-state index in [1.165, 1.54) is 31.2 Å². The minimum Gasteiger partial charge on any atom is -0.307 e. The van der Waals surface area contributed by atoms with Crippen molar-refractivity contribution in [2.24, 2.45) is 0 Å². The molecule has 0 saturated carbocycles. The maximum Gasteiger partial charge on any atom is 0.0696 e. The average molecular weight is 277 g/mol. The predicted molar refractivity (Wildman–Crippen MR) is 87.8 cm³/mol. The van der Waals surface area contributed by atoms with E-state index in [2.05, 4.69) is 61.8 Å². The Balaban J connectivity index is 2.04. The van der Waals surface area contributed by atoms with E-state index in [4.69, 9.17) is 0 Å². The lowest BCUT2D eigenvalue weighted by Gasteiger charge is -2.50. The monoisotopic (exact) mass is 277 g/mol. The summed E-state index contributed by atoms with van der Waals surface area (Å²) in [6, 6.07) is 16.0. The van der Waals surface area contributed by atoms with Crippen LogP contribution in [0.25, 0.3) is 0 Å². The fraction of sp³-hybridized carbons (Fsp3) is 0.400. The molecule has 2 aromatic carbocycles. The largest absolute Gasteiger partial charge is 0.307 e. The molecular weight excluding hydrogens is 254 g/mol. The van der Waals surface area contributed by atoms with Gasteiger partial charge in [-0.05, 0) is 54.1 Å². The minimum atomic E-state index is 0.0342. The van der Waals surface area contributed by atoms with Gasteiger partial charge in [-0.2, -0.15) is 0 Å². The first-order valence-electron chi connectivity index (χ1n) is 8.22. The van der Waals surface area contributed by atoms with Crippen molar-refractivity contribution >= 4 is 0 Å². The molecule has 1 N–H and O–H groups in total. The van der Waals surface area contributed by atoms with Crippen LogP contribution in [0, 0.1) is 0 Å². The van der Waals surface area contributed by atoms with Crippen LogP contribution in [-0.2, 0) is 12.0 Å². The van der Waals surface area contributed by atoms with Crippen LogP contribution in [0.1, 0.15) is 59.9 Å². The van der Waals surface area contributed by atoms with Crippen LogP contribution in [-0.4, -0.2) is 7.05 Å². The summed E-state index contributed by atoms with van der Waals surface area (Å²) in [7, 11) is 2.13. The second-order valence-electron chi connectivity index (χ2n) is 6.47. The van der Waals surface area contributed by atoms with Crippen molar-refractivity contribution in [2.75, 3.05) is 7.05 Å². The Labute approximate surface area is 127 Å². The first-order valence-corrected chi connectivity index (χ1v) is 8.22. The highest BCUT2D eigenvalue weighted by Gasteiger charge is 2.48. The van der Waals surface area contributed by atoms with E-state index in [-0.39, 0.29) is 5.54 Å². The van der Waals surface area contributed by atoms with Crippen molar-refractivity contribution < 1.29 is 0 Å². The molecule has 0 saturated heterocycles. The average Bonchev–Trinajstić information content (AvgIpc) is 2.56. The molecule has 0 unspecified atom stereocenters. The van der Waals surface area contributed by atoms with Gasteiger partial charge in [-0.15, -0.1) is 0 Å². The Morgan fingerprint density at radius 1 is 1.10 bits per heavy atom. The zero-order valence-corrected chi connectivity index (χ0v) is 12.9. The maximum absolute atomic E-state index is 3.72. The van der Waals surface area contributed by atoms with Gasteiger partial charge < -0.3 is 5.32 Å². The van der Waals surface area contributed by atoms with Gasteiger partial charge >= 0.3 is 0 Å². The Morgan fingerprint density at radius 2 is 1.90 bits per heavy atom. The van der Waals surface area contributed by atoms with E-state index in [0.717, 1.165) is 0 Å². The molecule has 2 atom stereocenters. The number of fused-ring (bicyclic) bond motifs is 1. The lowest BCUT2D eigenvalue weighted by molar-refractivity contribution is 0.323. The first kappa shape index (κ1) is 13.1. The zero-order chi connectivity index (χ0) is 14.4. The quantitative estimate of drug-likeness (QED) is 0.880. The van der Waals surface area contributed by atoms with Gasteiger partial charge in [0.05, 0.1) is 5.54 Å². The summed E-state index contributed by atoms with van der Waals surface area (Å²) in [6.07, 6.45) is 4.88. The van der Waals surface area contributed by atoms with Gasteiger partial charge in [-0.25, -0.2) is 0 Å². The lowest BCUT2D eigenvalue weighted by atomic mass is 9.58. The van der Waals surface area contributed by atoms with E-state index in [1.807, 2.05) is 0 Å². The Hall–Kier alpha value is -1.60. The molecule has 2 bridgehead atoms. The van der Waals surface area contributed by atoms with Crippen molar-refractivity contribution in [1.82, 2.24) is 5.32 Å². The molecular formula is C20H23N. The summed E-state index contributed by atoms with van der Waals surface area (Å²) in [5, 5.41) is 3.72. The molecule has 0 amide bonds. The molecule has 2 aromatic rings. The van der Waals surface area contributed by atoms with Crippen LogP contribution < -0.4 is 5.32 Å². The normalized spacial score (nSPS) is 25.5. The van der Waals surface area contributed by atoms with E-state index in [1.54, 1.807) is 22.3 Å². The molecule has 1 nitrogen and oxygen atoms in total. The van der Waals surface area contributed by atoms with Gasteiger partial charge in [0.25, 0.3) is 0 Å². The van der Waals surface area contributed by atoms with Crippen LogP contribution in [0.2, 0.25) is 0 Å². The summed E-state index contributed by atoms with van der Waals surface area (Å²) < 4.78 is 0. The standard InChI is InChI=1S/C20H23N/c1-3-7-14-8-6-10-17-15-12-13-20(21-2,19(14)17)18-11-5-4-9-16(15)18/h4-6,8-11,15,21H,3,7,12-13H2,1-2H3/t15-,20+/m0/s1. The van der Waals surface area contributed by atoms with Crippen molar-refractivity contribution in [3.63, 3.8) is 0 Å². The van der Waals surface area contributed by atoms with Crippen LogP contribution in [0.4, 0.5) is 0 Å². The van der Waals surface area contributed by atoms with Gasteiger partial charge in [0.2, 0.25) is 0 Å². The smallest absolute Gasteiger partial charge is 0.0696 e. The Kier molecular flexibility index (Phi) is 2.93. The second-order valence-corrected chi connectivity index (χ2v) is 6.47. The molecule has 0 fully saturated rings. The van der Waals surface area contributed by atoms with Crippen LogP contribution in [0.3, 0.4) is 0 Å². The molecule has 0 aromatic heterocycles. The number of nitrogens with one attached hydrogen (secondary N) is 1. The van der Waals surface area contributed by atoms with Crippen molar-refractivity contribution in [3.05, 3.63) is 70.3 Å². The third kappa shape index (κ3) is 1.61. The number of hydrogen-bond donors (Lipinski definition) is 1. The second kappa shape index (κ2) is 4.71. The van der Waals surface area contributed by atoms with Gasteiger partial charge in [-0.3, -0.25) is 0 Å². The van der Waals surface area contributed by atoms with Gasteiger partial charge in [0.1, 0.15) is 0 Å². The van der Waals surface area contributed by atoms with Gasteiger partial charge in [-0.1, -0.05) is 55.8 Å². The molecule has 5 rings (SSSR count). The third-order valence-electron chi connectivity index (χ3n) is 5.54. The molecule has 0 aliphatic heterocycles. The minimum absolute atomic E-state index is 0.0342. The summed E-state index contributed by atoms with van der Waals surface area (Å²) in [5.74, 6) is 0.600. The molecule has 0 heterocycles. The molecule has 0 spiro atoms. The fourth-order valence-electron chi connectivity index (χ4n) is 4.72. The van der Waals surface area contributed by atoms with E-state index in [0.29, 0.717) is 5.92 Å². The van der Waals surface area contributed by atoms with Crippen molar-refractivity contribution in [2.45, 2.75) is 44.1 Å². The van der Waals surface area contributed by atoms with E-state index < -0.39 is 0 Å². The predicted octanol–water partition coefficient (Wildman–Crippen LogP) is 4.34. The Morgan fingerprint density at radius 3 is 2.71 bits per heavy atom. The topological polar surface area (TPSA) is 12.0 Å². The molecule has 3 aliphatic carbocycles. The summed E-state index contributed by atoms with van der Waals surface area (Å²) in [5.41, 5.74) is 7.79. The number of rotatable bonds is 3. The molecule has 0 radical (unpaired) electrons. The first-order chi connectivity index (χ1) is 10.3. The SMILES string of the molecule is CCCc1cccc2c1[C@@]1(NC)CC[C@H]2c2ccccc21. The fourth-order valence-corrected chi connectivity index (χ4v) is 4.72. The van der Waals surface area contributed by atoms with Gasteiger partial charge in [0.15, 0.2) is 0 Å². The Bertz CT molecular complexity index is 688. The molecule has 3 aliphatic rings. The number of hydrogen-bond acceptors (Lipinski definition) is 1. The summed E-state index contributed by atoms with van der Waals surface area (Å²) >= 11 is 0. The third-order valence-corrected chi connectivity index (χ3v) is 5.54. The zero-order valence-electron chi connectivity index (χ0n) is 12.9. The van der Waals surface area contributed by atoms with Crippen LogP contribution in [0.15, 0.2) is 42.5 Å². The highest BCUT2D eigenvalue weighted by atomic mass is 15.0. The van der Waals surface area contributed by atoms with Crippen molar-refractivity contribution in [3.8, 4) is 0 Å².